The van der Waals surface area contributed by atoms with Gasteiger partial charge in [-0.05, 0) is 18.6 Å². The van der Waals surface area contributed by atoms with Crippen LogP contribution in [0.25, 0.3) is 10.9 Å². The number of nitrogens with two attached hydrogens (primary N) is 1. The molecule has 2 heterocycles. The van der Waals surface area contributed by atoms with Crippen LogP contribution in [-0.2, 0) is 4.79 Å². The second kappa shape index (κ2) is 4.96. The lowest BCUT2D eigenvalue weighted by atomic mass is 10.2. The SMILES string of the molecule is CN1CCCN(c2nc(N)nc3ccccc23)CC1=O. The minimum atomic E-state index is 0.101. The molecule has 2 aromatic rings. The first kappa shape index (κ1) is 12.7. The number of hydrogen-bond donors (Lipinski definition) is 1. The first-order valence-electron chi connectivity index (χ1n) is 6.66. The Hall–Kier alpha value is -2.37. The third-order valence-electron chi connectivity index (χ3n) is 3.57. The molecule has 1 aromatic heterocycles. The second-order valence-corrected chi connectivity index (χ2v) is 5.01. The Morgan fingerprint density at radius 3 is 2.85 bits per heavy atom. The molecular formula is C14H17N5O. The smallest absolute Gasteiger partial charge is 0.241 e. The molecule has 104 valence electrons. The Bertz CT molecular complexity index is 657. The Balaban J connectivity index is 2.07. The summed E-state index contributed by atoms with van der Waals surface area (Å²) >= 11 is 0. The van der Waals surface area contributed by atoms with Crippen molar-refractivity contribution >= 4 is 28.6 Å². The molecule has 2 N–H and O–H groups in total. The van der Waals surface area contributed by atoms with Crippen LogP contribution in [0.3, 0.4) is 0 Å². The van der Waals surface area contributed by atoms with Gasteiger partial charge in [0.25, 0.3) is 0 Å². The number of carbonyl (C=O) groups excluding carboxylic acids is 1. The number of fused-ring (bicyclic) bond motifs is 1. The van der Waals surface area contributed by atoms with Crippen LogP contribution in [0.2, 0.25) is 0 Å². The van der Waals surface area contributed by atoms with E-state index in [1.165, 1.54) is 0 Å². The van der Waals surface area contributed by atoms with E-state index in [0.29, 0.717) is 6.54 Å². The molecule has 1 aromatic carbocycles. The van der Waals surface area contributed by atoms with E-state index in [1.54, 1.807) is 4.90 Å². The zero-order chi connectivity index (χ0) is 14.1. The molecule has 0 radical (unpaired) electrons. The van der Waals surface area contributed by atoms with Crippen molar-refractivity contribution in [2.24, 2.45) is 0 Å². The van der Waals surface area contributed by atoms with E-state index in [-0.39, 0.29) is 11.9 Å². The molecule has 20 heavy (non-hydrogen) atoms. The van der Waals surface area contributed by atoms with Crippen LogP contribution >= 0.6 is 0 Å². The first-order valence-corrected chi connectivity index (χ1v) is 6.66. The molecule has 1 saturated heterocycles. The largest absolute Gasteiger partial charge is 0.368 e. The Labute approximate surface area is 117 Å². The number of nitrogen functional groups attached to an aromatic ring is 1. The van der Waals surface area contributed by atoms with Gasteiger partial charge in [0.2, 0.25) is 11.9 Å². The van der Waals surface area contributed by atoms with Crippen LogP contribution in [0.5, 0.6) is 0 Å². The number of aromatic nitrogens is 2. The van der Waals surface area contributed by atoms with Gasteiger partial charge < -0.3 is 15.5 Å². The Kier molecular flexibility index (Phi) is 3.14. The molecule has 1 aliphatic rings. The zero-order valence-electron chi connectivity index (χ0n) is 11.4. The number of anilines is 2. The Morgan fingerprint density at radius 1 is 1.20 bits per heavy atom. The quantitative estimate of drug-likeness (QED) is 0.833. The monoisotopic (exact) mass is 271 g/mol. The molecule has 1 aliphatic heterocycles. The summed E-state index contributed by atoms with van der Waals surface area (Å²) in [5.74, 6) is 1.09. The van der Waals surface area contributed by atoms with Crippen LogP contribution in [0.4, 0.5) is 11.8 Å². The predicted molar refractivity (Wildman–Crippen MR) is 78.4 cm³/mol. The third kappa shape index (κ3) is 2.24. The Morgan fingerprint density at radius 2 is 2.00 bits per heavy atom. The predicted octanol–water partition coefficient (Wildman–Crippen LogP) is 0.880. The van der Waals surface area contributed by atoms with Crippen LogP contribution in [0, 0.1) is 0 Å². The van der Waals surface area contributed by atoms with Gasteiger partial charge in [-0.3, -0.25) is 4.79 Å². The fourth-order valence-electron chi connectivity index (χ4n) is 2.49. The molecule has 3 rings (SSSR count). The van der Waals surface area contributed by atoms with E-state index in [4.69, 9.17) is 5.73 Å². The topological polar surface area (TPSA) is 75.3 Å². The molecule has 0 aliphatic carbocycles. The molecule has 0 spiro atoms. The second-order valence-electron chi connectivity index (χ2n) is 5.01. The molecule has 1 fully saturated rings. The van der Waals surface area contributed by atoms with Gasteiger partial charge in [-0.2, -0.15) is 4.98 Å². The third-order valence-corrected chi connectivity index (χ3v) is 3.57. The number of nitrogens with zero attached hydrogens (tertiary/aromatic N) is 4. The number of benzene rings is 1. The maximum Gasteiger partial charge on any atom is 0.241 e. The minimum absolute atomic E-state index is 0.101. The molecule has 6 heteroatoms. The van der Waals surface area contributed by atoms with Gasteiger partial charge in [0, 0.05) is 25.5 Å². The molecule has 0 bridgehead atoms. The number of rotatable bonds is 1. The molecular weight excluding hydrogens is 254 g/mol. The van der Waals surface area contributed by atoms with Crippen molar-refractivity contribution in [2.45, 2.75) is 6.42 Å². The van der Waals surface area contributed by atoms with Gasteiger partial charge >= 0.3 is 0 Å². The lowest BCUT2D eigenvalue weighted by molar-refractivity contribution is -0.127. The van der Waals surface area contributed by atoms with E-state index in [0.717, 1.165) is 36.2 Å². The summed E-state index contributed by atoms with van der Waals surface area (Å²) < 4.78 is 0. The summed E-state index contributed by atoms with van der Waals surface area (Å²) in [5.41, 5.74) is 6.59. The molecule has 1 amide bonds. The normalized spacial score (nSPS) is 16.6. The van der Waals surface area contributed by atoms with E-state index in [9.17, 15) is 4.79 Å². The van der Waals surface area contributed by atoms with Crippen molar-refractivity contribution in [1.82, 2.24) is 14.9 Å². The highest BCUT2D eigenvalue weighted by Crippen LogP contribution is 2.25. The van der Waals surface area contributed by atoms with E-state index in [2.05, 4.69) is 9.97 Å². The fourth-order valence-corrected chi connectivity index (χ4v) is 2.49. The maximum atomic E-state index is 12.0. The summed E-state index contributed by atoms with van der Waals surface area (Å²) in [6.45, 7) is 1.89. The lowest BCUT2D eigenvalue weighted by Gasteiger charge is -2.22. The van der Waals surface area contributed by atoms with E-state index in [1.807, 2.05) is 36.2 Å². The summed E-state index contributed by atoms with van der Waals surface area (Å²) in [6.07, 6.45) is 0.917. The van der Waals surface area contributed by atoms with Crippen molar-refractivity contribution in [3.63, 3.8) is 0 Å². The highest BCUT2D eigenvalue weighted by molar-refractivity contribution is 5.92. The molecule has 6 nitrogen and oxygen atoms in total. The molecule has 0 atom stereocenters. The van der Waals surface area contributed by atoms with Gasteiger partial charge in [-0.25, -0.2) is 4.98 Å². The number of likely N-dealkylation sites (N-methyl/N-ethyl adjacent to an activating group) is 1. The first-order chi connectivity index (χ1) is 9.65. The lowest BCUT2D eigenvalue weighted by Crippen LogP contribution is -2.35. The molecule has 0 saturated carbocycles. The summed E-state index contributed by atoms with van der Waals surface area (Å²) in [6, 6.07) is 7.73. The summed E-state index contributed by atoms with van der Waals surface area (Å²) in [4.78, 5) is 24.4. The average molecular weight is 271 g/mol. The van der Waals surface area contributed by atoms with Crippen molar-refractivity contribution in [2.75, 3.05) is 37.3 Å². The van der Waals surface area contributed by atoms with E-state index < -0.39 is 0 Å². The number of para-hydroxylation sites is 1. The highest BCUT2D eigenvalue weighted by atomic mass is 16.2. The highest BCUT2D eigenvalue weighted by Gasteiger charge is 2.22. The molecule has 0 unspecified atom stereocenters. The van der Waals surface area contributed by atoms with Crippen LogP contribution in [-0.4, -0.2) is 47.5 Å². The van der Waals surface area contributed by atoms with Crippen molar-refractivity contribution in [1.29, 1.82) is 0 Å². The van der Waals surface area contributed by atoms with Crippen LogP contribution in [0.1, 0.15) is 6.42 Å². The van der Waals surface area contributed by atoms with Crippen LogP contribution in [0.15, 0.2) is 24.3 Å². The number of carbonyl (C=O) groups is 1. The fraction of sp³-hybridized carbons (Fsp3) is 0.357. The van der Waals surface area contributed by atoms with E-state index >= 15 is 0 Å². The summed E-state index contributed by atoms with van der Waals surface area (Å²) in [7, 11) is 1.83. The summed E-state index contributed by atoms with van der Waals surface area (Å²) in [5, 5.41) is 0.930. The number of hydrogen-bond acceptors (Lipinski definition) is 5. The van der Waals surface area contributed by atoms with Gasteiger partial charge in [-0.15, -0.1) is 0 Å². The van der Waals surface area contributed by atoms with Gasteiger partial charge in [0.05, 0.1) is 12.1 Å². The number of amides is 1. The van der Waals surface area contributed by atoms with Gasteiger partial charge in [-0.1, -0.05) is 12.1 Å². The van der Waals surface area contributed by atoms with Crippen molar-refractivity contribution in [3.8, 4) is 0 Å². The van der Waals surface area contributed by atoms with Crippen molar-refractivity contribution < 1.29 is 4.79 Å². The van der Waals surface area contributed by atoms with Gasteiger partial charge in [0.15, 0.2) is 0 Å². The average Bonchev–Trinajstić information content (AvgIpc) is 2.60. The minimum Gasteiger partial charge on any atom is -0.368 e. The standard InChI is InChI=1S/C14H17N5O/c1-18-7-4-8-19(9-12(18)20)13-10-5-2-3-6-11(10)16-14(15)17-13/h2-3,5-6H,4,7-9H2,1H3,(H2,15,16,17). The van der Waals surface area contributed by atoms with Crippen molar-refractivity contribution in [3.05, 3.63) is 24.3 Å². The zero-order valence-corrected chi connectivity index (χ0v) is 11.4. The maximum absolute atomic E-state index is 12.0. The van der Waals surface area contributed by atoms with Gasteiger partial charge in [0.1, 0.15) is 5.82 Å². The van der Waals surface area contributed by atoms with Crippen LogP contribution < -0.4 is 10.6 Å².